The van der Waals surface area contributed by atoms with Gasteiger partial charge in [0, 0.05) is 96.9 Å². The molecule has 2 heterocycles. The SMILES string of the molecule is CC1(C)c2ccccc2-c2ccc(N(c3ccccc3)c3ccc4c(c3)sc3ccc(N(c5ccccc5)c5ccc6sc7ccc(N(c8ccccc8)c8ccc9ccccc9c8)cc7c6c5)cc34)cc21. The third-order valence-corrected chi connectivity index (χ3v) is 17.1. The summed E-state index contributed by atoms with van der Waals surface area (Å²) in [6.45, 7) is 4.72. The highest BCUT2D eigenvalue weighted by Crippen LogP contribution is 2.52. The molecule has 0 spiro atoms. The van der Waals surface area contributed by atoms with Gasteiger partial charge < -0.3 is 14.7 Å². The minimum atomic E-state index is -0.0960. The van der Waals surface area contributed by atoms with Crippen molar-refractivity contribution in [3.05, 3.63) is 260 Å². The molecule has 0 atom stereocenters. The lowest BCUT2D eigenvalue weighted by molar-refractivity contribution is 0.660. The maximum atomic E-state index is 2.42. The molecule has 1 aliphatic rings. The van der Waals surface area contributed by atoms with E-state index in [2.05, 4.69) is 277 Å². The molecule has 13 aromatic rings. The Morgan fingerprint density at radius 2 is 0.667 bits per heavy atom. The van der Waals surface area contributed by atoms with Crippen molar-refractivity contribution in [1.29, 1.82) is 0 Å². The van der Waals surface area contributed by atoms with Crippen molar-refractivity contribution < 1.29 is 0 Å². The van der Waals surface area contributed by atoms with Crippen LogP contribution in [-0.4, -0.2) is 0 Å². The third-order valence-electron chi connectivity index (χ3n) is 14.8. The second kappa shape index (κ2) is 16.8. The van der Waals surface area contributed by atoms with Crippen molar-refractivity contribution in [3.8, 4) is 11.1 Å². The fourth-order valence-corrected chi connectivity index (χ4v) is 13.5. The molecule has 0 radical (unpaired) electrons. The monoisotopic (exact) mass is 957 g/mol. The second-order valence-corrected chi connectivity index (χ2v) is 21.5. The molecular weight excluding hydrogens is 911 g/mol. The smallest absolute Gasteiger partial charge is 0.0476 e. The Hall–Kier alpha value is -8.48. The van der Waals surface area contributed by atoms with Gasteiger partial charge in [-0.3, -0.25) is 0 Å². The van der Waals surface area contributed by atoms with Crippen LogP contribution in [0.3, 0.4) is 0 Å². The van der Waals surface area contributed by atoms with Crippen LogP contribution in [0.25, 0.3) is 62.2 Å². The highest BCUT2D eigenvalue weighted by molar-refractivity contribution is 7.26. The summed E-state index contributed by atoms with van der Waals surface area (Å²) in [6, 6.07) is 91.6. The number of thiophene rings is 2. The van der Waals surface area contributed by atoms with Crippen LogP contribution in [0.4, 0.5) is 51.2 Å². The fraction of sp³-hybridized carbons (Fsp3) is 0.0448. The molecule has 0 amide bonds. The Bertz CT molecular complexity index is 4210. The van der Waals surface area contributed by atoms with E-state index in [1.54, 1.807) is 0 Å². The number of benzene rings is 11. The minimum absolute atomic E-state index is 0.0960. The van der Waals surface area contributed by atoms with E-state index < -0.39 is 0 Å². The zero-order chi connectivity index (χ0) is 47.9. The second-order valence-electron chi connectivity index (χ2n) is 19.4. The first-order chi connectivity index (χ1) is 35.4. The van der Waals surface area contributed by atoms with Crippen molar-refractivity contribution in [3.63, 3.8) is 0 Å². The first-order valence-electron chi connectivity index (χ1n) is 24.6. The molecule has 0 fully saturated rings. The summed E-state index contributed by atoms with van der Waals surface area (Å²) in [7, 11) is 0. The normalized spacial score (nSPS) is 12.7. The Kier molecular flexibility index (Phi) is 9.92. The van der Waals surface area contributed by atoms with Crippen LogP contribution in [0.1, 0.15) is 25.0 Å². The van der Waals surface area contributed by atoms with Crippen LogP contribution < -0.4 is 14.7 Å². The summed E-state index contributed by atoms with van der Waals surface area (Å²) in [5.41, 5.74) is 15.5. The van der Waals surface area contributed by atoms with Gasteiger partial charge in [0.1, 0.15) is 0 Å². The Morgan fingerprint density at radius 1 is 0.264 bits per heavy atom. The average molecular weight is 958 g/mol. The predicted octanol–water partition coefficient (Wildman–Crippen LogP) is 20.3. The molecule has 0 N–H and O–H groups in total. The lowest BCUT2D eigenvalue weighted by Gasteiger charge is -2.28. The van der Waals surface area contributed by atoms with Crippen LogP contribution in [0, 0.1) is 0 Å². The predicted molar refractivity (Wildman–Crippen MR) is 311 cm³/mol. The van der Waals surface area contributed by atoms with Crippen molar-refractivity contribution in [2.24, 2.45) is 0 Å². The van der Waals surface area contributed by atoms with Gasteiger partial charge in [-0.2, -0.15) is 0 Å². The maximum Gasteiger partial charge on any atom is 0.0476 e. The number of fused-ring (bicyclic) bond motifs is 10. The van der Waals surface area contributed by atoms with Gasteiger partial charge in [-0.15, -0.1) is 22.7 Å². The summed E-state index contributed by atoms with van der Waals surface area (Å²) in [6.07, 6.45) is 0. The van der Waals surface area contributed by atoms with Gasteiger partial charge in [0.2, 0.25) is 0 Å². The molecule has 11 aromatic carbocycles. The standard InChI is InChI=1S/C67H47N3S2/c1-67(2)61-25-15-14-24-55(61)56-33-28-53(42-62(56)67)70(48-22-10-5-11-23-48)54-29-34-57-58-39-50(30-35-63(58)72-66(57)43-54)69(47-20-8-4-9-21-47)52-32-37-65-60(41-52)59-40-51(31-36-64(59)71-65)68(46-18-6-3-7-19-46)49-27-26-44-16-12-13-17-45(44)38-49/h3-43H,1-2H3. The molecule has 5 heteroatoms. The van der Waals surface area contributed by atoms with Gasteiger partial charge in [0.15, 0.2) is 0 Å². The zero-order valence-corrected chi connectivity index (χ0v) is 41.5. The Morgan fingerprint density at radius 3 is 1.25 bits per heavy atom. The average Bonchev–Trinajstić information content (AvgIpc) is 4.06. The van der Waals surface area contributed by atoms with Crippen molar-refractivity contribution >= 4 is 125 Å². The van der Waals surface area contributed by atoms with Gasteiger partial charge in [-0.1, -0.05) is 135 Å². The largest absolute Gasteiger partial charge is 0.310 e. The Balaban J connectivity index is 0.865. The first-order valence-corrected chi connectivity index (χ1v) is 26.3. The van der Waals surface area contributed by atoms with Gasteiger partial charge >= 0.3 is 0 Å². The zero-order valence-electron chi connectivity index (χ0n) is 39.8. The van der Waals surface area contributed by atoms with E-state index in [0.717, 1.165) is 51.2 Å². The van der Waals surface area contributed by atoms with Crippen LogP contribution in [0.5, 0.6) is 0 Å². The minimum Gasteiger partial charge on any atom is -0.310 e. The molecule has 14 rings (SSSR count). The number of nitrogens with zero attached hydrogens (tertiary/aromatic N) is 3. The van der Waals surface area contributed by atoms with E-state index in [4.69, 9.17) is 0 Å². The molecule has 2 aromatic heterocycles. The van der Waals surface area contributed by atoms with Gasteiger partial charge in [0.25, 0.3) is 0 Å². The van der Waals surface area contributed by atoms with E-state index in [9.17, 15) is 0 Å². The molecule has 342 valence electrons. The molecular formula is C67H47N3S2. The maximum absolute atomic E-state index is 2.42. The van der Waals surface area contributed by atoms with Crippen molar-refractivity contribution in [1.82, 2.24) is 0 Å². The molecule has 0 bridgehead atoms. The number of hydrogen-bond acceptors (Lipinski definition) is 5. The number of rotatable bonds is 9. The topological polar surface area (TPSA) is 9.72 Å². The number of para-hydroxylation sites is 3. The van der Waals surface area contributed by atoms with E-state index in [0.29, 0.717) is 0 Å². The molecule has 0 aliphatic heterocycles. The lowest BCUT2D eigenvalue weighted by Crippen LogP contribution is -2.16. The molecule has 3 nitrogen and oxygen atoms in total. The quantitative estimate of drug-likeness (QED) is 0.143. The van der Waals surface area contributed by atoms with E-state index in [1.165, 1.54) is 73.4 Å². The van der Waals surface area contributed by atoms with Crippen LogP contribution >= 0.6 is 22.7 Å². The fourth-order valence-electron chi connectivity index (χ4n) is 11.3. The summed E-state index contributed by atoms with van der Waals surface area (Å²) < 4.78 is 5.06. The summed E-state index contributed by atoms with van der Waals surface area (Å²) in [5.74, 6) is 0. The van der Waals surface area contributed by atoms with Crippen LogP contribution in [-0.2, 0) is 5.41 Å². The lowest BCUT2D eigenvalue weighted by atomic mass is 9.82. The number of hydrogen-bond donors (Lipinski definition) is 0. The summed E-state index contributed by atoms with van der Waals surface area (Å²) in [4.78, 5) is 7.22. The van der Waals surface area contributed by atoms with Crippen LogP contribution in [0.15, 0.2) is 249 Å². The highest BCUT2D eigenvalue weighted by atomic mass is 32.1. The Labute approximate surface area is 427 Å². The first kappa shape index (κ1) is 42.4. The summed E-state index contributed by atoms with van der Waals surface area (Å²) in [5, 5.41) is 7.46. The van der Waals surface area contributed by atoms with Gasteiger partial charge in [-0.05, 0) is 160 Å². The van der Waals surface area contributed by atoms with Crippen molar-refractivity contribution in [2.45, 2.75) is 19.3 Å². The highest BCUT2D eigenvalue weighted by Gasteiger charge is 2.36. The van der Waals surface area contributed by atoms with E-state index in [-0.39, 0.29) is 5.41 Å². The molecule has 72 heavy (non-hydrogen) atoms. The molecule has 0 saturated heterocycles. The van der Waals surface area contributed by atoms with Crippen LogP contribution in [0.2, 0.25) is 0 Å². The van der Waals surface area contributed by atoms with Crippen molar-refractivity contribution in [2.75, 3.05) is 14.7 Å². The van der Waals surface area contributed by atoms with E-state index in [1.807, 2.05) is 22.7 Å². The van der Waals surface area contributed by atoms with E-state index >= 15 is 0 Å². The molecule has 0 saturated carbocycles. The number of anilines is 9. The molecule has 0 unspecified atom stereocenters. The van der Waals surface area contributed by atoms with Gasteiger partial charge in [-0.25, -0.2) is 0 Å². The molecule has 1 aliphatic carbocycles. The summed E-state index contributed by atoms with van der Waals surface area (Å²) >= 11 is 3.72. The van der Waals surface area contributed by atoms with Gasteiger partial charge in [0.05, 0.1) is 0 Å². The third kappa shape index (κ3) is 6.99.